The average molecular weight is 370 g/mol. The largest absolute Gasteiger partial charge is 0.385 e. The van der Waals surface area contributed by atoms with Gasteiger partial charge in [-0.3, -0.25) is 9.59 Å². The Kier molecular flexibility index (Phi) is 5.60. The Morgan fingerprint density at radius 2 is 2.15 bits per heavy atom. The van der Waals surface area contributed by atoms with Crippen LogP contribution in [0.1, 0.15) is 35.6 Å². The number of hydrogen-bond donors (Lipinski definition) is 1. The van der Waals surface area contributed by atoms with E-state index in [0.717, 1.165) is 6.42 Å². The van der Waals surface area contributed by atoms with E-state index in [9.17, 15) is 9.59 Å². The number of nitrogens with zero attached hydrogens (tertiary/aromatic N) is 5. The number of aryl methyl sites for hydroxylation is 2. The van der Waals surface area contributed by atoms with E-state index in [0.29, 0.717) is 35.4 Å². The summed E-state index contributed by atoms with van der Waals surface area (Å²) in [7, 11) is 3.30. The summed E-state index contributed by atoms with van der Waals surface area (Å²) in [5, 5.41) is 11.4. The van der Waals surface area contributed by atoms with Crippen molar-refractivity contribution in [3.05, 3.63) is 52.6 Å². The summed E-state index contributed by atoms with van der Waals surface area (Å²) in [6, 6.07) is 4.53. The van der Waals surface area contributed by atoms with E-state index in [2.05, 4.69) is 20.5 Å². The zero-order valence-electron chi connectivity index (χ0n) is 15.5. The monoisotopic (exact) mass is 370 g/mol. The number of benzene rings is 1. The maximum Gasteiger partial charge on any atom is 0.260 e. The van der Waals surface area contributed by atoms with Crippen molar-refractivity contribution in [2.45, 2.75) is 25.9 Å². The summed E-state index contributed by atoms with van der Waals surface area (Å²) >= 11 is 0. The lowest BCUT2D eigenvalue weighted by atomic mass is 10.1. The maximum absolute atomic E-state index is 12.6. The number of methoxy groups -OCH3 is 1. The fourth-order valence-corrected chi connectivity index (χ4v) is 2.85. The second-order valence-electron chi connectivity index (χ2n) is 6.32. The van der Waals surface area contributed by atoms with Gasteiger partial charge in [0.05, 0.1) is 23.3 Å². The number of amides is 1. The Bertz CT molecular complexity index is 1010. The van der Waals surface area contributed by atoms with Gasteiger partial charge in [-0.25, -0.2) is 4.98 Å². The number of hydrogen-bond acceptors (Lipinski definition) is 6. The Labute approximate surface area is 156 Å². The van der Waals surface area contributed by atoms with Crippen molar-refractivity contribution in [2.75, 3.05) is 13.7 Å². The SMILES string of the molecule is COCCCn1cnnc1[C@H](C)NC(=O)c1ccc2c(=O)n(C)cnc2c1. The second-order valence-corrected chi connectivity index (χ2v) is 6.32. The van der Waals surface area contributed by atoms with Crippen molar-refractivity contribution in [3.8, 4) is 0 Å². The Hall–Kier alpha value is -3.07. The number of carbonyl (C=O) groups is 1. The van der Waals surface area contributed by atoms with E-state index in [1.807, 2.05) is 11.5 Å². The molecular formula is C18H22N6O3. The molecule has 0 spiro atoms. The van der Waals surface area contributed by atoms with E-state index in [4.69, 9.17) is 4.74 Å². The molecule has 142 valence electrons. The van der Waals surface area contributed by atoms with Gasteiger partial charge in [0.15, 0.2) is 5.82 Å². The Morgan fingerprint density at radius 3 is 2.93 bits per heavy atom. The third-order valence-corrected chi connectivity index (χ3v) is 4.31. The van der Waals surface area contributed by atoms with E-state index in [-0.39, 0.29) is 17.5 Å². The molecule has 1 atom stereocenters. The van der Waals surface area contributed by atoms with Crippen LogP contribution < -0.4 is 10.9 Å². The molecule has 9 nitrogen and oxygen atoms in total. The summed E-state index contributed by atoms with van der Waals surface area (Å²) < 4.78 is 8.36. The normalized spacial score (nSPS) is 12.3. The highest BCUT2D eigenvalue weighted by atomic mass is 16.5. The molecule has 2 heterocycles. The van der Waals surface area contributed by atoms with Gasteiger partial charge in [-0.2, -0.15) is 0 Å². The topological polar surface area (TPSA) is 104 Å². The highest BCUT2D eigenvalue weighted by Crippen LogP contribution is 2.14. The van der Waals surface area contributed by atoms with Gasteiger partial charge in [-0.1, -0.05) is 0 Å². The molecule has 0 bridgehead atoms. The highest BCUT2D eigenvalue weighted by Gasteiger charge is 2.17. The van der Waals surface area contributed by atoms with Crippen molar-refractivity contribution in [1.29, 1.82) is 0 Å². The van der Waals surface area contributed by atoms with Crippen LogP contribution in [-0.2, 0) is 18.3 Å². The Morgan fingerprint density at radius 1 is 1.33 bits per heavy atom. The van der Waals surface area contributed by atoms with Crippen LogP contribution in [0.15, 0.2) is 35.6 Å². The molecule has 0 unspecified atom stereocenters. The van der Waals surface area contributed by atoms with Crippen LogP contribution in [0.2, 0.25) is 0 Å². The van der Waals surface area contributed by atoms with Gasteiger partial charge in [-0.05, 0) is 31.5 Å². The van der Waals surface area contributed by atoms with Crippen LogP contribution in [0.3, 0.4) is 0 Å². The van der Waals surface area contributed by atoms with Crippen molar-refractivity contribution in [2.24, 2.45) is 7.05 Å². The molecule has 3 aromatic rings. The molecule has 0 radical (unpaired) electrons. The third-order valence-electron chi connectivity index (χ3n) is 4.31. The first-order chi connectivity index (χ1) is 13.0. The minimum Gasteiger partial charge on any atom is -0.385 e. The maximum atomic E-state index is 12.6. The highest BCUT2D eigenvalue weighted by molar-refractivity contribution is 5.97. The molecule has 1 amide bonds. The number of carbonyl (C=O) groups excluding carboxylic acids is 1. The number of nitrogens with one attached hydrogen (secondary N) is 1. The summed E-state index contributed by atoms with van der Waals surface area (Å²) in [4.78, 5) is 28.9. The van der Waals surface area contributed by atoms with E-state index >= 15 is 0 Å². The molecule has 0 aliphatic heterocycles. The van der Waals surface area contributed by atoms with Gasteiger partial charge >= 0.3 is 0 Å². The molecule has 0 saturated carbocycles. The smallest absolute Gasteiger partial charge is 0.260 e. The van der Waals surface area contributed by atoms with Crippen LogP contribution in [0.4, 0.5) is 0 Å². The zero-order valence-corrected chi connectivity index (χ0v) is 15.5. The van der Waals surface area contributed by atoms with Gasteiger partial charge in [0, 0.05) is 32.9 Å². The van der Waals surface area contributed by atoms with Crippen molar-refractivity contribution in [3.63, 3.8) is 0 Å². The molecule has 1 N–H and O–H groups in total. The standard InChI is InChI=1S/C18H22N6O3/c1-12(16-22-20-11-24(16)7-4-8-27-3)21-17(25)13-5-6-14-15(9-13)19-10-23(2)18(14)26/h5-6,9-12H,4,7-8H2,1-3H3,(H,21,25)/t12-/m0/s1. The van der Waals surface area contributed by atoms with Crippen LogP contribution in [0.25, 0.3) is 10.9 Å². The molecule has 9 heteroatoms. The fraction of sp³-hybridized carbons (Fsp3) is 0.389. The summed E-state index contributed by atoms with van der Waals surface area (Å²) in [5.41, 5.74) is 0.770. The quantitative estimate of drug-likeness (QED) is 0.624. The minimum atomic E-state index is -0.324. The number of aromatic nitrogens is 5. The van der Waals surface area contributed by atoms with Gasteiger partial charge in [-0.15, -0.1) is 10.2 Å². The first-order valence-corrected chi connectivity index (χ1v) is 8.64. The Balaban J connectivity index is 1.75. The zero-order chi connectivity index (χ0) is 19.4. The van der Waals surface area contributed by atoms with Crippen LogP contribution in [0, 0.1) is 0 Å². The first kappa shape index (κ1) is 18.7. The fourth-order valence-electron chi connectivity index (χ4n) is 2.85. The van der Waals surface area contributed by atoms with Crippen molar-refractivity contribution in [1.82, 2.24) is 29.6 Å². The van der Waals surface area contributed by atoms with Crippen molar-refractivity contribution >= 4 is 16.8 Å². The van der Waals surface area contributed by atoms with Crippen LogP contribution in [-0.4, -0.2) is 43.9 Å². The van der Waals surface area contributed by atoms with Gasteiger partial charge in [0.25, 0.3) is 11.5 Å². The predicted molar refractivity (Wildman–Crippen MR) is 99.4 cm³/mol. The molecular weight excluding hydrogens is 348 g/mol. The third kappa shape index (κ3) is 4.03. The molecule has 3 rings (SSSR count). The number of rotatable bonds is 7. The van der Waals surface area contributed by atoms with Gasteiger partial charge in [0.1, 0.15) is 6.33 Å². The molecule has 1 aromatic carbocycles. The molecule has 0 fully saturated rings. The van der Waals surface area contributed by atoms with E-state index < -0.39 is 0 Å². The average Bonchev–Trinajstić information content (AvgIpc) is 3.13. The summed E-state index contributed by atoms with van der Waals surface area (Å²) in [6.07, 6.45) is 3.91. The number of ether oxygens (including phenoxy) is 1. The number of fused-ring (bicyclic) bond motifs is 1. The van der Waals surface area contributed by atoms with Crippen molar-refractivity contribution < 1.29 is 9.53 Å². The van der Waals surface area contributed by atoms with Gasteiger partial charge < -0.3 is 19.2 Å². The molecule has 0 aliphatic rings. The lowest BCUT2D eigenvalue weighted by Crippen LogP contribution is -2.29. The molecule has 27 heavy (non-hydrogen) atoms. The van der Waals surface area contributed by atoms with Gasteiger partial charge in [0.2, 0.25) is 0 Å². The lowest BCUT2D eigenvalue weighted by molar-refractivity contribution is 0.0937. The summed E-state index contributed by atoms with van der Waals surface area (Å²) in [5.74, 6) is 0.408. The molecule has 0 saturated heterocycles. The lowest BCUT2D eigenvalue weighted by Gasteiger charge is -2.15. The molecule has 0 aliphatic carbocycles. The minimum absolute atomic E-state index is 0.149. The molecule has 2 aromatic heterocycles. The predicted octanol–water partition coefficient (Wildman–Crippen LogP) is 1.05. The van der Waals surface area contributed by atoms with E-state index in [1.165, 1.54) is 10.9 Å². The summed E-state index contributed by atoms with van der Waals surface area (Å²) in [6.45, 7) is 3.20. The first-order valence-electron chi connectivity index (χ1n) is 8.64. The second kappa shape index (κ2) is 8.09. The van der Waals surface area contributed by atoms with E-state index in [1.54, 1.807) is 38.7 Å². The van der Waals surface area contributed by atoms with Crippen LogP contribution in [0.5, 0.6) is 0 Å². The van der Waals surface area contributed by atoms with Crippen LogP contribution >= 0.6 is 0 Å².